The van der Waals surface area contributed by atoms with Gasteiger partial charge in [-0.05, 0) is 54.6 Å². The number of halogens is 1. The Labute approximate surface area is 162 Å². The van der Waals surface area contributed by atoms with E-state index < -0.39 is 5.60 Å². The van der Waals surface area contributed by atoms with E-state index in [1.807, 2.05) is 24.3 Å². The predicted molar refractivity (Wildman–Crippen MR) is 109 cm³/mol. The number of nitrogens with zero attached hydrogens (tertiary/aromatic N) is 1. The average Bonchev–Trinajstić information content (AvgIpc) is 2.93. The van der Waals surface area contributed by atoms with E-state index in [9.17, 15) is 5.11 Å². The topological polar surface area (TPSA) is 23.5 Å². The Kier molecular flexibility index (Phi) is 6.04. The second-order valence-corrected chi connectivity index (χ2v) is 7.14. The van der Waals surface area contributed by atoms with E-state index in [4.69, 9.17) is 0 Å². The van der Waals surface area contributed by atoms with Crippen LogP contribution < -0.4 is 0 Å². The molecule has 1 saturated heterocycles. The van der Waals surface area contributed by atoms with Gasteiger partial charge in [-0.2, -0.15) is 0 Å². The molecule has 26 heavy (non-hydrogen) atoms. The molecule has 1 aliphatic carbocycles. The zero-order valence-corrected chi connectivity index (χ0v) is 15.9. The molecule has 1 aliphatic heterocycles. The Morgan fingerprint density at radius 1 is 0.846 bits per heavy atom. The smallest absolute Gasteiger partial charge is 0.117 e. The minimum atomic E-state index is -0.910. The van der Waals surface area contributed by atoms with Crippen molar-refractivity contribution < 1.29 is 5.11 Å². The van der Waals surface area contributed by atoms with Crippen LogP contribution in [0.15, 0.2) is 48.5 Å². The van der Waals surface area contributed by atoms with Crippen LogP contribution in [0.2, 0.25) is 0 Å². The molecule has 0 aromatic heterocycles. The first-order valence-electron chi connectivity index (χ1n) is 9.39. The zero-order chi connectivity index (χ0) is 17.1. The molecule has 2 nitrogen and oxygen atoms in total. The standard InChI is InChI=1S/C23H25NO.ClH/c25-23(15-7-1-8-16-24-17-9-2-10-18-24)21-13-5-3-11-19(21)20-12-4-6-14-22(20)23;/h3-6,11-14,25H,2,7,9-10,15-18H2;1H. The van der Waals surface area contributed by atoms with E-state index >= 15 is 0 Å². The number of hydrogen-bond acceptors (Lipinski definition) is 2. The lowest BCUT2D eigenvalue weighted by Gasteiger charge is -2.25. The second-order valence-electron chi connectivity index (χ2n) is 7.14. The first kappa shape index (κ1) is 19.0. The molecule has 0 spiro atoms. The summed E-state index contributed by atoms with van der Waals surface area (Å²) in [6.07, 6.45) is 5.32. The first-order valence-corrected chi connectivity index (χ1v) is 9.39. The maximum absolute atomic E-state index is 11.5. The number of piperidine rings is 1. The molecule has 0 bridgehead atoms. The van der Waals surface area contributed by atoms with E-state index in [0.29, 0.717) is 12.8 Å². The van der Waals surface area contributed by atoms with E-state index in [1.165, 1.54) is 32.4 Å². The minimum absolute atomic E-state index is 0. The van der Waals surface area contributed by atoms with Crippen LogP contribution in [0.3, 0.4) is 0 Å². The molecule has 4 rings (SSSR count). The van der Waals surface area contributed by atoms with Crippen molar-refractivity contribution >= 4 is 12.4 Å². The van der Waals surface area contributed by atoms with Gasteiger partial charge in [0.05, 0.1) is 6.54 Å². The molecular formula is C23H26ClNO. The largest absolute Gasteiger partial charge is 0.380 e. The minimum Gasteiger partial charge on any atom is -0.380 e. The lowest BCUT2D eigenvalue weighted by Crippen LogP contribution is -2.29. The molecule has 2 aliphatic rings. The molecule has 136 valence electrons. The Morgan fingerprint density at radius 3 is 2.04 bits per heavy atom. The molecule has 0 radical (unpaired) electrons. The monoisotopic (exact) mass is 367 g/mol. The van der Waals surface area contributed by atoms with E-state index in [-0.39, 0.29) is 12.4 Å². The molecular weight excluding hydrogens is 342 g/mol. The van der Waals surface area contributed by atoms with Crippen molar-refractivity contribution in [3.8, 4) is 23.0 Å². The van der Waals surface area contributed by atoms with Crippen molar-refractivity contribution in [3.63, 3.8) is 0 Å². The van der Waals surface area contributed by atoms with Crippen LogP contribution in [-0.2, 0) is 5.60 Å². The van der Waals surface area contributed by atoms with E-state index in [2.05, 4.69) is 41.0 Å². The van der Waals surface area contributed by atoms with Crippen molar-refractivity contribution in [1.29, 1.82) is 0 Å². The Hall–Kier alpha value is -1.79. The van der Waals surface area contributed by atoms with Crippen LogP contribution in [0.25, 0.3) is 11.1 Å². The van der Waals surface area contributed by atoms with E-state index in [1.54, 1.807) is 0 Å². The fourth-order valence-electron chi connectivity index (χ4n) is 4.19. The summed E-state index contributed by atoms with van der Waals surface area (Å²) in [5.41, 5.74) is 3.44. The number of rotatable bonds is 3. The summed E-state index contributed by atoms with van der Waals surface area (Å²) in [6, 6.07) is 16.4. The molecule has 0 amide bonds. The summed E-state index contributed by atoms with van der Waals surface area (Å²) in [6.45, 7) is 3.23. The Bertz CT molecular complexity index is 769. The zero-order valence-electron chi connectivity index (χ0n) is 15.1. The summed E-state index contributed by atoms with van der Waals surface area (Å²) in [5, 5.41) is 11.5. The Balaban J connectivity index is 0.00000196. The van der Waals surface area contributed by atoms with Gasteiger partial charge >= 0.3 is 0 Å². The lowest BCUT2D eigenvalue weighted by molar-refractivity contribution is 0.0775. The lowest BCUT2D eigenvalue weighted by atomic mass is 9.87. The van der Waals surface area contributed by atoms with Crippen LogP contribution in [0.4, 0.5) is 0 Å². The summed E-state index contributed by atoms with van der Waals surface area (Å²) < 4.78 is 0. The molecule has 3 heteroatoms. The molecule has 0 unspecified atom stereocenters. The second kappa shape index (κ2) is 8.27. The van der Waals surface area contributed by atoms with E-state index in [0.717, 1.165) is 28.8 Å². The van der Waals surface area contributed by atoms with Crippen molar-refractivity contribution in [2.45, 2.75) is 37.7 Å². The van der Waals surface area contributed by atoms with Crippen LogP contribution in [0, 0.1) is 11.8 Å². The van der Waals surface area contributed by atoms with Gasteiger partial charge in [-0.3, -0.25) is 4.90 Å². The van der Waals surface area contributed by atoms with Gasteiger partial charge in [0, 0.05) is 6.42 Å². The molecule has 1 fully saturated rings. The fourth-order valence-corrected chi connectivity index (χ4v) is 4.19. The van der Waals surface area contributed by atoms with Crippen LogP contribution in [0.1, 0.15) is 43.2 Å². The summed E-state index contributed by atoms with van der Waals surface area (Å²) in [7, 11) is 0. The molecule has 2 aromatic carbocycles. The normalized spacial score (nSPS) is 17.4. The molecule has 0 atom stereocenters. The van der Waals surface area contributed by atoms with Gasteiger partial charge in [0.15, 0.2) is 0 Å². The van der Waals surface area contributed by atoms with Crippen molar-refractivity contribution in [2.75, 3.05) is 19.6 Å². The third kappa shape index (κ3) is 3.53. The number of aliphatic hydroxyl groups is 1. The van der Waals surface area contributed by atoms with Gasteiger partial charge in [-0.25, -0.2) is 0 Å². The third-order valence-electron chi connectivity index (χ3n) is 5.52. The van der Waals surface area contributed by atoms with Gasteiger partial charge in [0.2, 0.25) is 0 Å². The van der Waals surface area contributed by atoms with Gasteiger partial charge in [0.25, 0.3) is 0 Å². The van der Waals surface area contributed by atoms with Crippen LogP contribution >= 0.6 is 12.4 Å². The highest BCUT2D eigenvalue weighted by Crippen LogP contribution is 2.49. The molecule has 2 aromatic rings. The van der Waals surface area contributed by atoms with Crippen LogP contribution in [-0.4, -0.2) is 29.6 Å². The molecule has 1 N–H and O–H groups in total. The van der Waals surface area contributed by atoms with Crippen molar-refractivity contribution in [1.82, 2.24) is 4.90 Å². The fraction of sp³-hybridized carbons (Fsp3) is 0.391. The van der Waals surface area contributed by atoms with Crippen molar-refractivity contribution in [3.05, 3.63) is 59.7 Å². The number of likely N-dealkylation sites (tertiary alicyclic amines) is 1. The van der Waals surface area contributed by atoms with Gasteiger partial charge < -0.3 is 5.11 Å². The summed E-state index contributed by atoms with van der Waals surface area (Å²) >= 11 is 0. The highest BCUT2D eigenvalue weighted by molar-refractivity contribution is 5.85. The summed E-state index contributed by atoms with van der Waals surface area (Å²) in [4.78, 5) is 2.44. The maximum atomic E-state index is 11.5. The highest BCUT2D eigenvalue weighted by atomic mass is 35.5. The molecule has 1 heterocycles. The quantitative estimate of drug-likeness (QED) is 0.802. The Morgan fingerprint density at radius 2 is 1.42 bits per heavy atom. The van der Waals surface area contributed by atoms with Crippen LogP contribution in [0.5, 0.6) is 0 Å². The maximum Gasteiger partial charge on any atom is 0.117 e. The van der Waals surface area contributed by atoms with Gasteiger partial charge in [-0.15, -0.1) is 18.3 Å². The first-order chi connectivity index (χ1) is 12.3. The number of fused-ring (bicyclic) bond motifs is 3. The average molecular weight is 368 g/mol. The van der Waals surface area contributed by atoms with Crippen molar-refractivity contribution in [2.24, 2.45) is 0 Å². The SMILES string of the molecule is Cl.OC1(CCC#CCN2CCCCC2)c2ccccc2-c2ccccc21. The summed E-state index contributed by atoms with van der Waals surface area (Å²) in [5.74, 6) is 6.60. The number of benzene rings is 2. The predicted octanol–water partition coefficient (Wildman–Crippen LogP) is 4.59. The van der Waals surface area contributed by atoms with Gasteiger partial charge in [0.1, 0.15) is 5.60 Å². The van der Waals surface area contributed by atoms with Gasteiger partial charge in [-0.1, -0.05) is 60.9 Å². The third-order valence-corrected chi connectivity index (χ3v) is 5.52. The molecule has 0 saturated carbocycles. The number of hydrogen-bond donors (Lipinski definition) is 1. The highest BCUT2D eigenvalue weighted by Gasteiger charge is 2.40.